The van der Waals surface area contributed by atoms with Gasteiger partial charge in [0.05, 0.1) is 28.6 Å². The molecule has 0 spiro atoms. The fourth-order valence-corrected chi connectivity index (χ4v) is 4.56. The number of nitrogens with zero attached hydrogens (tertiary/aromatic N) is 3. The number of para-hydroxylation sites is 1. The molecule has 156 valence electrons. The van der Waals surface area contributed by atoms with Crippen molar-refractivity contribution in [3.8, 4) is 5.69 Å². The van der Waals surface area contributed by atoms with E-state index in [1.165, 1.54) is 21.2 Å². The molecule has 4 aromatic rings. The van der Waals surface area contributed by atoms with Crippen molar-refractivity contribution in [1.29, 1.82) is 0 Å². The molecule has 1 N–H and O–H groups in total. The molecule has 1 amide bonds. The third-order valence-electron chi connectivity index (χ3n) is 4.30. The summed E-state index contributed by atoms with van der Waals surface area (Å²) in [7, 11) is 0. The van der Waals surface area contributed by atoms with Crippen molar-refractivity contribution in [1.82, 2.24) is 15.0 Å². The number of thioether (sulfide) groups is 1. The molecule has 0 bridgehead atoms. The van der Waals surface area contributed by atoms with Crippen molar-refractivity contribution in [2.24, 2.45) is 5.10 Å². The van der Waals surface area contributed by atoms with Crippen molar-refractivity contribution in [3.05, 3.63) is 85.8 Å². The van der Waals surface area contributed by atoms with E-state index in [0.29, 0.717) is 26.8 Å². The van der Waals surface area contributed by atoms with Crippen LogP contribution in [0.5, 0.6) is 0 Å². The maximum absolute atomic E-state index is 13.2. The van der Waals surface area contributed by atoms with Crippen LogP contribution in [0, 0.1) is 6.92 Å². The predicted octanol–water partition coefficient (Wildman–Crippen LogP) is 4.65. The molecule has 9 heteroatoms. The Morgan fingerprint density at radius 1 is 1.19 bits per heavy atom. The highest BCUT2D eigenvalue weighted by molar-refractivity contribution is 7.99. The van der Waals surface area contributed by atoms with Gasteiger partial charge in [-0.2, -0.15) is 5.10 Å². The molecular weight excluding hydrogens is 452 g/mol. The molecule has 0 aliphatic carbocycles. The number of fused-ring (bicyclic) bond motifs is 1. The SMILES string of the molecule is Cc1ccc(/C=N\NC(=O)CSc2nc3ccccc3c(=O)n2-c2ccc(Cl)cc2)s1. The average molecular weight is 469 g/mol. The molecule has 2 aromatic heterocycles. The highest BCUT2D eigenvalue weighted by Gasteiger charge is 2.14. The minimum Gasteiger partial charge on any atom is -0.272 e. The van der Waals surface area contributed by atoms with Gasteiger partial charge in [0, 0.05) is 14.8 Å². The van der Waals surface area contributed by atoms with Crippen molar-refractivity contribution in [2.45, 2.75) is 12.1 Å². The molecule has 2 heterocycles. The third kappa shape index (κ3) is 5.04. The largest absolute Gasteiger partial charge is 0.272 e. The lowest BCUT2D eigenvalue weighted by Gasteiger charge is -2.13. The quantitative estimate of drug-likeness (QED) is 0.193. The minimum absolute atomic E-state index is 0.0547. The van der Waals surface area contributed by atoms with E-state index in [2.05, 4.69) is 15.5 Å². The van der Waals surface area contributed by atoms with Gasteiger partial charge in [0.2, 0.25) is 0 Å². The van der Waals surface area contributed by atoms with Crippen molar-refractivity contribution in [2.75, 3.05) is 5.75 Å². The normalized spacial score (nSPS) is 11.3. The second-order valence-corrected chi connectivity index (χ2v) is 9.26. The highest BCUT2D eigenvalue weighted by atomic mass is 35.5. The summed E-state index contributed by atoms with van der Waals surface area (Å²) in [4.78, 5) is 32.2. The average Bonchev–Trinajstić information content (AvgIpc) is 3.18. The van der Waals surface area contributed by atoms with E-state index in [1.54, 1.807) is 60.0 Å². The second-order valence-electron chi connectivity index (χ2n) is 6.56. The Morgan fingerprint density at radius 3 is 2.71 bits per heavy atom. The Balaban J connectivity index is 1.58. The number of nitrogens with one attached hydrogen (secondary N) is 1. The summed E-state index contributed by atoms with van der Waals surface area (Å²) in [6.07, 6.45) is 1.61. The van der Waals surface area contributed by atoms with Crippen LogP contribution in [-0.4, -0.2) is 27.4 Å². The van der Waals surface area contributed by atoms with Crippen LogP contribution in [-0.2, 0) is 4.79 Å². The second kappa shape index (κ2) is 9.47. The molecule has 0 saturated heterocycles. The number of hydrogen-bond acceptors (Lipinski definition) is 6. The third-order valence-corrected chi connectivity index (χ3v) is 6.43. The van der Waals surface area contributed by atoms with Crippen LogP contribution in [0.4, 0.5) is 0 Å². The number of thiophene rings is 1. The van der Waals surface area contributed by atoms with E-state index in [4.69, 9.17) is 11.6 Å². The van der Waals surface area contributed by atoms with Gasteiger partial charge in [-0.15, -0.1) is 11.3 Å². The first-order valence-electron chi connectivity index (χ1n) is 9.30. The van der Waals surface area contributed by atoms with Crippen LogP contribution < -0.4 is 11.0 Å². The molecule has 0 atom stereocenters. The Bertz CT molecular complexity index is 1330. The molecule has 4 rings (SSSR count). The van der Waals surface area contributed by atoms with Gasteiger partial charge >= 0.3 is 0 Å². The Morgan fingerprint density at radius 2 is 1.97 bits per heavy atom. The summed E-state index contributed by atoms with van der Waals surface area (Å²) in [5.74, 6) is -0.237. The Labute approximate surface area is 191 Å². The molecule has 0 fully saturated rings. The molecule has 0 radical (unpaired) electrons. The lowest BCUT2D eigenvalue weighted by molar-refractivity contribution is -0.118. The van der Waals surface area contributed by atoms with Crippen LogP contribution in [0.3, 0.4) is 0 Å². The summed E-state index contributed by atoms with van der Waals surface area (Å²) < 4.78 is 1.49. The van der Waals surface area contributed by atoms with Gasteiger partial charge in [0.15, 0.2) is 5.16 Å². The molecule has 31 heavy (non-hydrogen) atoms. The number of aryl methyl sites for hydroxylation is 1. The number of aromatic nitrogens is 2. The standard InChI is InChI=1S/C22H17ClN4O2S2/c1-14-6-11-17(31-14)12-24-26-20(28)13-30-22-25-19-5-3-2-4-18(19)21(29)27(22)16-9-7-15(23)8-10-16/h2-12H,13H2,1H3,(H,26,28)/b24-12-. The zero-order valence-corrected chi connectivity index (χ0v) is 18.8. The number of halogens is 1. The predicted molar refractivity (Wildman–Crippen MR) is 128 cm³/mol. The molecule has 0 saturated carbocycles. The van der Waals surface area contributed by atoms with Crippen LogP contribution in [0.2, 0.25) is 5.02 Å². The smallest absolute Gasteiger partial charge is 0.266 e. The van der Waals surface area contributed by atoms with Crippen LogP contribution >= 0.6 is 34.7 Å². The number of benzene rings is 2. The van der Waals surface area contributed by atoms with Crippen molar-refractivity contribution in [3.63, 3.8) is 0 Å². The highest BCUT2D eigenvalue weighted by Crippen LogP contribution is 2.22. The van der Waals surface area contributed by atoms with Gasteiger partial charge in [0.25, 0.3) is 11.5 Å². The fourth-order valence-electron chi connectivity index (χ4n) is 2.88. The summed E-state index contributed by atoms with van der Waals surface area (Å²) >= 11 is 8.76. The van der Waals surface area contributed by atoms with Gasteiger partial charge in [0.1, 0.15) is 0 Å². The van der Waals surface area contributed by atoms with E-state index in [1.807, 2.05) is 25.1 Å². The molecule has 0 unspecified atom stereocenters. The molecule has 2 aromatic carbocycles. The number of hydrazone groups is 1. The zero-order chi connectivity index (χ0) is 21.8. The number of amides is 1. The lowest BCUT2D eigenvalue weighted by Crippen LogP contribution is -2.24. The topological polar surface area (TPSA) is 76.3 Å². The molecular formula is C22H17ClN4O2S2. The number of rotatable bonds is 6. The minimum atomic E-state index is -0.292. The van der Waals surface area contributed by atoms with E-state index in [-0.39, 0.29) is 17.2 Å². The van der Waals surface area contributed by atoms with Crippen LogP contribution in [0.25, 0.3) is 16.6 Å². The first-order valence-corrected chi connectivity index (χ1v) is 11.5. The summed E-state index contributed by atoms with van der Waals surface area (Å²) in [6.45, 7) is 2.01. The molecule has 6 nitrogen and oxygen atoms in total. The van der Waals surface area contributed by atoms with Gasteiger partial charge < -0.3 is 0 Å². The first kappa shape index (κ1) is 21.3. The monoisotopic (exact) mass is 468 g/mol. The van der Waals surface area contributed by atoms with Crippen LogP contribution in [0.15, 0.2) is 75.7 Å². The van der Waals surface area contributed by atoms with Crippen molar-refractivity contribution >= 4 is 57.7 Å². The van der Waals surface area contributed by atoms with Gasteiger partial charge in [-0.1, -0.05) is 35.5 Å². The maximum atomic E-state index is 13.2. The number of carbonyl (C=O) groups is 1. The van der Waals surface area contributed by atoms with Gasteiger partial charge in [-0.3, -0.25) is 14.2 Å². The zero-order valence-electron chi connectivity index (χ0n) is 16.4. The van der Waals surface area contributed by atoms with Gasteiger partial charge in [-0.25, -0.2) is 10.4 Å². The summed E-state index contributed by atoms with van der Waals surface area (Å²) in [6, 6.07) is 18.0. The van der Waals surface area contributed by atoms with E-state index >= 15 is 0 Å². The lowest BCUT2D eigenvalue weighted by atomic mass is 10.2. The molecule has 0 aliphatic heterocycles. The first-order chi connectivity index (χ1) is 15.0. The maximum Gasteiger partial charge on any atom is 0.266 e. The molecule has 0 aliphatic rings. The van der Waals surface area contributed by atoms with Gasteiger partial charge in [-0.05, 0) is 55.5 Å². The van der Waals surface area contributed by atoms with E-state index in [9.17, 15) is 9.59 Å². The summed E-state index contributed by atoms with van der Waals surface area (Å²) in [5.41, 5.74) is 3.51. The van der Waals surface area contributed by atoms with E-state index in [0.717, 1.165) is 4.88 Å². The number of carbonyl (C=O) groups excluding carboxylic acids is 1. The van der Waals surface area contributed by atoms with Crippen molar-refractivity contribution < 1.29 is 4.79 Å². The fraction of sp³-hybridized carbons (Fsp3) is 0.0909. The summed E-state index contributed by atoms with van der Waals surface area (Å²) in [5, 5.41) is 5.48. The Hall–Kier alpha value is -2.94. The number of hydrogen-bond donors (Lipinski definition) is 1. The van der Waals surface area contributed by atoms with Crippen LogP contribution in [0.1, 0.15) is 9.75 Å². The van der Waals surface area contributed by atoms with E-state index < -0.39 is 0 Å². The Kier molecular flexibility index (Phi) is 6.50.